The van der Waals surface area contributed by atoms with E-state index in [9.17, 15) is 4.79 Å². The van der Waals surface area contributed by atoms with Gasteiger partial charge in [-0.15, -0.1) is 5.10 Å². The van der Waals surface area contributed by atoms with Crippen LogP contribution >= 0.6 is 0 Å². The van der Waals surface area contributed by atoms with Gasteiger partial charge >= 0.3 is 0 Å². The Morgan fingerprint density at radius 3 is 2.52 bits per heavy atom. The van der Waals surface area contributed by atoms with Crippen LogP contribution < -0.4 is 10.1 Å². The lowest BCUT2D eigenvalue weighted by Gasteiger charge is -2.11. The molecule has 1 amide bonds. The zero-order chi connectivity index (χ0) is 22.0. The normalized spacial score (nSPS) is 10.7. The summed E-state index contributed by atoms with van der Waals surface area (Å²) in [6.45, 7) is 6.12. The molecule has 0 aliphatic rings. The molecule has 156 valence electrons. The van der Waals surface area contributed by atoms with E-state index in [4.69, 9.17) is 4.74 Å². The molecule has 0 bridgehead atoms. The molecule has 0 saturated heterocycles. The van der Waals surface area contributed by atoms with Crippen LogP contribution in [0.2, 0.25) is 0 Å². The molecule has 0 unspecified atom stereocenters. The summed E-state index contributed by atoms with van der Waals surface area (Å²) < 4.78 is 7.08. The van der Waals surface area contributed by atoms with E-state index >= 15 is 0 Å². The standard InChI is InChI=1S/C25H24N4O2/c1-16-9-7-11-19(15-16)24-27-23(25(30)26-20-12-5-6-14-22(20)31-4)28-29(24)21-13-8-10-17(2)18(21)3/h5-15H,1-4H3,(H,26,30). The first kappa shape index (κ1) is 20.3. The number of methoxy groups -OCH3 is 1. The monoisotopic (exact) mass is 412 g/mol. The maximum atomic E-state index is 13.0. The zero-order valence-corrected chi connectivity index (χ0v) is 18.0. The van der Waals surface area contributed by atoms with Crippen molar-refractivity contribution in [2.75, 3.05) is 12.4 Å². The van der Waals surface area contributed by atoms with Crippen molar-refractivity contribution in [1.82, 2.24) is 14.8 Å². The van der Waals surface area contributed by atoms with Gasteiger partial charge in [0.1, 0.15) is 5.75 Å². The molecule has 0 atom stereocenters. The minimum absolute atomic E-state index is 0.0864. The van der Waals surface area contributed by atoms with Crippen LogP contribution in [0.5, 0.6) is 5.75 Å². The van der Waals surface area contributed by atoms with Crippen molar-refractivity contribution in [2.45, 2.75) is 20.8 Å². The first-order valence-corrected chi connectivity index (χ1v) is 10.0. The topological polar surface area (TPSA) is 69.0 Å². The summed E-state index contributed by atoms with van der Waals surface area (Å²) in [7, 11) is 1.56. The number of nitrogens with zero attached hydrogens (tertiary/aromatic N) is 3. The number of para-hydroxylation sites is 2. The number of anilines is 1. The van der Waals surface area contributed by atoms with Crippen LogP contribution in [-0.2, 0) is 0 Å². The van der Waals surface area contributed by atoms with Gasteiger partial charge in [-0.05, 0) is 56.2 Å². The van der Waals surface area contributed by atoms with Crippen LogP contribution in [0, 0.1) is 20.8 Å². The number of ether oxygens (including phenoxy) is 1. The lowest BCUT2D eigenvalue weighted by atomic mass is 10.1. The number of aromatic nitrogens is 3. The summed E-state index contributed by atoms with van der Waals surface area (Å²) in [4.78, 5) is 17.6. The Balaban J connectivity index is 1.81. The summed E-state index contributed by atoms with van der Waals surface area (Å²) in [6.07, 6.45) is 0. The van der Waals surface area contributed by atoms with Crippen LogP contribution in [0.3, 0.4) is 0 Å². The second-order valence-electron chi connectivity index (χ2n) is 7.41. The molecule has 0 saturated carbocycles. The summed E-state index contributed by atoms with van der Waals surface area (Å²) in [5.74, 6) is 0.872. The predicted octanol–water partition coefficient (Wildman–Crippen LogP) is 5.12. The Morgan fingerprint density at radius 1 is 0.968 bits per heavy atom. The molecular weight excluding hydrogens is 388 g/mol. The second kappa shape index (κ2) is 8.44. The number of rotatable bonds is 5. The third kappa shape index (κ3) is 4.05. The van der Waals surface area contributed by atoms with E-state index in [0.717, 1.165) is 27.9 Å². The van der Waals surface area contributed by atoms with Gasteiger partial charge in [-0.2, -0.15) is 0 Å². The van der Waals surface area contributed by atoms with Crippen molar-refractivity contribution in [3.63, 3.8) is 0 Å². The highest BCUT2D eigenvalue weighted by Crippen LogP contribution is 2.27. The molecule has 4 aromatic rings. The highest BCUT2D eigenvalue weighted by Gasteiger charge is 2.21. The number of amides is 1. The molecule has 4 rings (SSSR count). The Hall–Kier alpha value is -3.93. The lowest BCUT2D eigenvalue weighted by molar-refractivity contribution is 0.101. The van der Waals surface area contributed by atoms with E-state index in [-0.39, 0.29) is 5.82 Å². The summed E-state index contributed by atoms with van der Waals surface area (Å²) in [5.41, 5.74) is 5.68. The second-order valence-corrected chi connectivity index (χ2v) is 7.41. The molecular formula is C25H24N4O2. The number of carbonyl (C=O) groups excluding carboxylic acids is 1. The zero-order valence-electron chi connectivity index (χ0n) is 18.0. The van der Waals surface area contributed by atoms with Crippen LogP contribution in [0.25, 0.3) is 17.1 Å². The van der Waals surface area contributed by atoms with Crippen molar-refractivity contribution in [2.24, 2.45) is 0 Å². The van der Waals surface area contributed by atoms with Gasteiger partial charge in [0.15, 0.2) is 5.82 Å². The average Bonchev–Trinajstić information content (AvgIpc) is 3.21. The number of hydrogen-bond acceptors (Lipinski definition) is 4. The van der Waals surface area contributed by atoms with Crippen molar-refractivity contribution in [1.29, 1.82) is 0 Å². The van der Waals surface area contributed by atoms with E-state index in [2.05, 4.69) is 28.4 Å². The third-order valence-electron chi connectivity index (χ3n) is 5.25. The highest BCUT2D eigenvalue weighted by molar-refractivity contribution is 6.02. The van der Waals surface area contributed by atoms with Gasteiger partial charge in [-0.3, -0.25) is 4.79 Å². The van der Waals surface area contributed by atoms with E-state index < -0.39 is 5.91 Å². The number of nitrogens with one attached hydrogen (secondary N) is 1. The molecule has 3 aromatic carbocycles. The van der Waals surface area contributed by atoms with Crippen molar-refractivity contribution in [3.8, 4) is 22.8 Å². The summed E-state index contributed by atoms with van der Waals surface area (Å²) in [5, 5.41) is 7.45. The summed E-state index contributed by atoms with van der Waals surface area (Å²) in [6, 6.07) is 21.3. The van der Waals surface area contributed by atoms with Gasteiger partial charge in [0.2, 0.25) is 5.82 Å². The lowest BCUT2D eigenvalue weighted by Crippen LogP contribution is -2.15. The first-order chi connectivity index (χ1) is 15.0. The molecule has 6 nitrogen and oxygen atoms in total. The van der Waals surface area contributed by atoms with E-state index in [1.807, 2.05) is 62.4 Å². The average molecular weight is 412 g/mol. The Bertz CT molecular complexity index is 1260. The van der Waals surface area contributed by atoms with Crippen LogP contribution in [0.1, 0.15) is 27.3 Å². The molecule has 0 spiro atoms. The SMILES string of the molecule is COc1ccccc1NC(=O)c1nc(-c2cccc(C)c2)n(-c2cccc(C)c2C)n1. The van der Waals surface area contributed by atoms with Gasteiger partial charge in [0.25, 0.3) is 5.91 Å². The molecule has 1 aromatic heterocycles. The van der Waals surface area contributed by atoms with E-state index in [0.29, 0.717) is 17.3 Å². The van der Waals surface area contributed by atoms with Crippen LogP contribution in [-0.4, -0.2) is 27.8 Å². The Morgan fingerprint density at radius 2 is 1.74 bits per heavy atom. The molecule has 0 aliphatic heterocycles. The van der Waals surface area contributed by atoms with E-state index in [1.165, 1.54) is 0 Å². The fraction of sp³-hybridized carbons (Fsp3) is 0.160. The molecule has 31 heavy (non-hydrogen) atoms. The van der Waals surface area contributed by atoms with Gasteiger partial charge in [0, 0.05) is 5.56 Å². The number of aryl methyl sites for hydroxylation is 2. The Labute approximate surface area is 181 Å². The summed E-state index contributed by atoms with van der Waals surface area (Å²) >= 11 is 0. The molecule has 1 heterocycles. The maximum Gasteiger partial charge on any atom is 0.295 e. The Kier molecular flexibility index (Phi) is 5.54. The van der Waals surface area contributed by atoms with Crippen LogP contribution in [0.15, 0.2) is 66.7 Å². The number of benzene rings is 3. The number of carbonyl (C=O) groups is 1. The van der Waals surface area contributed by atoms with Crippen molar-refractivity contribution in [3.05, 3.63) is 89.2 Å². The number of hydrogen-bond donors (Lipinski definition) is 1. The third-order valence-corrected chi connectivity index (χ3v) is 5.25. The van der Waals surface area contributed by atoms with Crippen molar-refractivity contribution < 1.29 is 9.53 Å². The maximum absolute atomic E-state index is 13.0. The van der Waals surface area contributed by atoms with Gasteiger partial charge in [0.05, 0.1) is 18.5 Å². The molecule has 0 fully saturated rings. The quantitative estimate of drug-likeness (QED) is 0.494. The van der Waals surface area contributed by atoms with E-state index in [1.54, 1.807) is 23.9 Å². The minimum atomic E-state index is -0.401. The predicted molar refractivity (Wildman–Crippen MR) is 122 cm³/mol. The minimum Gasteiger partial charge on any atom is -0.495 e. The highest BCUT2D eigenvalue weighted by atomic mass is 16.5. The van der Waals surface area contributed by atoms with Gasteiger partial charge < -0.3 is 10.1 Å². The smallest absolute Gasteiger partial charge is 0.295 e. The van der Waals surface area contributed by atoms with Gasteiger partial charge in [-0.1, -0.05) is 48.0 Å². The molecule has 1 N–H and O–H groups in total. The van der Waals surface area contributed by atoms with Crippen molar-refractivity contribution >= 4 is 11.6 Å². The van der Waals surface area contributed by atoms with Gasteiger partial charge in [-0.25, -0.2) is 9.67 Å². The fourth-order valence-corrected chi connectivity index (χ4v) is 3.44. The largest absolute Gasteiger partial charge is 0.495 e. The molecule has 0 radical (unpaired) electrons. The fourth-order valence-electron chi connectivity index (χ4n) is 3.44. The first-order valence-electron chi connectivity index (χ1n) is 10.0. The molecule has 0 aliphatic carbocycles. The van der Waals surface area contributed by atoms with Crippen LogP contribution in [0.4, 0.5) is 5.69 Å². The molecule has 6 heteroatoms.